The predicted molar refractivity (Wildman–Crippen MR) is 84.0 cm³/mol. The second-order valence-electron chi connectivity index (χ2n) is 8.48. The van der Waals surface area contributed by atoms with E-state index in [0.717, 1.165) is 62.8 Å². The Morgan fingerprint density at radius 1 is 1.09 bits per heavy atom. The van der Waals surface area contributed by atoms with Crippen LogP contribution < -0.4 is 5.32 Å². The van der Waals surface area contributed by atoms with Crippen molar-refractivity contribution in [2.24, 2.45) is 23.2 Å². The first kappa shape index (κ1) is 14.5. The summed E-state index contributed by atoms with van der Waals surface area (Å²) in [5, 5.41) is 3.17. The maximum Gasteiger partial charge on any atom is 0.244 e. The molecule has 4 aliphatic carbocycles. The highest BCUT2D eigenvalue weighted by Crippen LogP contribution is 2.60. The predicted octanol–water partition coefficient (Wildman–Crippen LogP) is 2.33. The van der Waals surface area contributed by atoms with E-state index in [9.17, 15) is 9.59 Å². The minimum atomic E-state index is -0.284. The number of nitrogens with zero attached hydrogens (tertiary/aromatic N) is 1. The SMILES string of the molecule is CN1CCCCC(NC(=O)C23CC4CC(CC(C4)C2)C3)C1=O. The zero-order valence-electron chi connectivity index (χ0n) is 13.6. The Morgan fingerprint density at radius 3 is 2.27 bits per heavy atom. The summed E-state index contributed by atoms with van der Waals surface area (Å²) in [6.45, 7) is 0.822. The molecule has 4 nitrogen and oxygen atoms in total. The Kier molecular flexibility index (Phi) is 3.46. The zero-order valence-corrected chi connectivity index (χ0v) is 13.6. The quantitative estimate of drug-likeness (QED) is 0.851. The molecule has 1 saturated heterocycles. The summed E-state index contributed by atoms with van der Waals surface area (Å²) in [6, 6.07) is -0.284. The lowest BCUT2D eigenvalue weighted by Gasteiger charge is -2.55. The van der Waals surface area contributed by atoms with E-state index in [4.69, 9.17) is 0 Å². The van der Waals surface area contributed by atoms with Crippen LogP contribution in [0.15, 0.2) is 0 Å². The molecule has 5 rings (SSSR count). The van der Waals surface area contributed by atoms with Crippen LogP contribution in [0.2, 0.25) is 0 Å². The first-order valence-corrected chi connectivity index (χ1v) is 9.12. The van der Waals surface area contributed by atoms with Gasteiger partial charge in [-0.3, -0.25) is 9.59 Å². The van der Waals surface area contributed by atoms with Crippen LogP contribution in [0.4, 0.5) is 0 Å². The third-order valence-electron chi connectivity index (χ3n) is 6.74. The van der Waals surface area contributed by atoms with E-state index in [1.54, 1.807) is 4.90 Å². The van der Waals surface area contributed by atoms with Crippen molar-refractivity contribution < 1.29 is 9.59 Å². The van der Waals surface area contributed by atoms with Crippen LogP contribution in [0.1, 0.15) is 57.8 Å². The summed E-state index contributed by atoms with van der Waals surface area (Å²) in [5.74, 6) is 2.61. The number of nitrogens with one attached hydrogen (secondary N) is 1. The first-order valence-electron chi connectivity index (χ1n) is 9.12. The smallest absolute Gasteiger partial charge is 0.244 e. The van der Waals surface area contributed by atoms with E-state index in [0.29, 0.717) is 0 Å². The molecule has 5 fully saturated rings. The number of likely N-dealkylation sites (tertiary alicyclic amines) is 1. The number of rotatable bonds is 2. The van der Waals surface area contributed by atoms with E-state index in [-0.39, 0.29) is 23.3 Å². The van der Waals surface area contributed by atoms with Crippen LogP contribution in [0.25, 0.3) is 0 Å². The maximum absolute atomic E-state index is 13.0. The van der Waals surface area contributed by atoms with Gasteiger partial charge >= 0.3 is 0 Å². The van der Waals surface area contributed by atoms with Crippen LogP contribution in [0, 0.1) is 23.2 Å². The Balaban J connectivity index is 1.49. The van der Waals surface area contributed by atoms with Crippen LogP contribution in [0.5, 0.6) is 0 Å². The van der Waals surface area contributed by atoms with Crippen LogP contribution in [-0.4, -0.2) is 36.3 Å². The number of amides is 2. The lowest BCUT2D eigenvalue weighted by Crippen LogP contribution is -2.57. The molecule has 1 aliphatic heterocycles. The molecule has 4 heteroatoms. The number of likely N-dealkylation sites (N-methyl/N-ethyl adjacent to an activating group) is 1. The summed E-state index contributed by atoms with van der Waals surface area (Å²) in [4.78, 5) is 27.3. The molecule has 5 aliphatic rings. The lowest BCUT2D eigenvalue weighted by molar-refractivity contribution is -0.149. The topological polar surface area (TPSA) is 49.4 Å². The Labute approximate surface area is 133 Å². The molecule has 1 N–H and O–H groups in total. The van der Waals surface area contributed by atoms with Gasteiger partial charge in [-0.25, -0.2) is 0 Å². The molecule has 0 aromatic carbocycles. The van der Waals surface area contributed by atoms with E-state index >= 15 is 0 Å². The van der Waals surface area contributed by atoms with E-state index in [2.05, 4.69) is 5.32 Å². The molecule has 0 radical (unpaired) electrons. The Morgan fingerprint density at radius 2 is 1.68 bits per heavy atom. The number of hydrogen-bond donors (Lipinski definition) is 1. The van der Waals surface area contributed by atoms with Gasteiger partial charge in [0.2, 0.25) is 11.8 Å². The molecule has 4 saturated carbocycles. The third kappa shape index (κ3) is 2.35. The van der Waals surface area contributed by atoms with Crippen molar-refractivity contribution in [1.82, 2.24) is 10.2 Å². The number of carbonyl (C=O) groups is 2. The zero-order chi connectivity index (χ0) is 15.3. The van der Waals surface area contributed by atoms with Gasteiger partial charge in [0.15, 0.2) is 0 Å². The largest absolute Gasteiger partial charge is 0.344 e. The molecule has 122 valence electrons. The first-order chi connectivity index (χ1) is 10.6. The van der Waals surface area contributed by atoms with E-state index < -0.39 is 0 Å². The minimum absolute atomic E-state index is 0.107. The van der Waals surface area contributed by atoms with Crippen molar-refractivity contribution in [2.45, 2.75) is 63.8 Å². The fraction of sp³-hybridized carbons (Fsp3) is 0.889. The lowest BCUT2D eigenvalue weighted by atomic mass is 9.49. The molecule has 0 spiro atoms. The summed E-state index contributed by atoms with van der Waals surface area (Å²) < 4.78 is 0. The van der Waals surface area contributed by atoms with Gasteiger partial charge in [0.1, 0.15) is 6.04 Å². The van der Waals surface area contributed by atoms with Gasteiger partial charge in [-0.15, -0.1) is 0 Å². The second-order valence-corrected chi connectivity index (χ2v) is 8.48. The van der Waals surface area contributed by atoms with Gasteiger partial charge in [-0.2, -0.15) is 0 Å². The average Bonchev–Trinajstić information content (AvgIpc) is 2.61. The molecule has 2 amide bonds. The normalized spacial score (nSPS) is 44.0. The summed E-state index contributed by atoms with van der Waals surface area (Å²) in [7, 11) is 1.86. The molecule has 22 heavy (non-hydrogen) atoms. The standard InChI is InChI=1S/C18H28N2O2/c1-20-5-3-2-4-15(16(20)21)19-17(22)18-9-12-6-13(10-18)8-14(7-12)11-18/h12-15H,2-11H2,1H3,(H,19,22). The van der Waals surface area contributed by atoms with Crippen molar-refractivity contribution in [3.05, 3.63) is 0 Å². The van der Waals surface area contributed by atoms with Gasteiger partial charge < -0.3 is 10.2 Å². The average molecular weight is 304 g/mol. The number of hydrogen-bond acceptors (Lipinski definition) is 2. The van der Waals surface area contributed by atoms with E-state index in [1.807, 2.05) is 7.05 Å². The summed E-state index contributed by atoms with van der Waals surface area (Å²) in [5.41, 5.74) is -0.139. The minimum Gasteiger partial charge on any atom is -0.344 e. The molecule has 4 bridgehead atoms. The molecular weight excluding hydrogens is 276 g/mol. The van der Waals surface area contributed by atoms with Crippen LogP contribution >= 0.6 is 0 Å². The van der Waals surface area contributed by atoms with Crippen molar-refractivity contribution in [3.63, 3.8) is 0 Å². The second kappa shape index (κ2) is 5.24. The highest BCUT2D eigenvalue weighted by Gasteiger charge is 2.55. The van der Waals surface area contributed by atoms with Gasteiger partial charge in [0.05, 0.1) is 0 Å². The van der Waals surface area contributed by atoms with Gasteiger partial charge in [0.25, 0.3) is 0 Å². The Hall–Kier alpha value is -1.06. The third-order valence-corrected chi connectivity index (χ3v) is 6.74. The monoisotopic (exact) mass is 304 g/mol. The molecule has 0 aromatic rings. The van der Waals surface area contributed by atoms with Crippen LogP contribution in [0.3, 0.4) is 0 Å². The van der Waals surface area contributed by atoms with Crippen molar-refractivity contribution in [2.75, 3.05) is 13.6 Å². The van der Waals surface area contributed by atoms with Crippen molar-refractivity contribution in [3.8, 4) is 0 Å². The summed E-state index contributed by atoms with van der Waals surface area (Å²) in [6.07, 6.45) is 10.1. The van der Waals surface area contributed by atoms with Gasteiger partial charge in [-0.05, 0) is 75.5 Å². The molecule has 1 atom stereocenters. The number of carbonyl (C=O) groups excluding carboxylic acids is 2. The van der Waals surface area contributed by atoms with Crippen molar-refractivity contribution >= 4 is 11.8 Å². The van der Waals surface area contributed by atoms with Gasteiger partial charge in [0, 0.05) is 19.0 Å². The molecule has 0 aromatic heterocycles. The molecule has 1 unspecified atom stereocenters. The highest BCUT2D eigenvalue weighted by molar-refractivity contribution is 5.90. The van der Waals surface area contributed by atoms with Crippen LogP contribution in [-0.2, 0) is 9.59 Å². The molecule has 1 heterocycles. The fourth-order valence-corrected chi connectivity index (χ4v) is 6.03. The maximum atomic E-state index is 13.0. The highest BCUT2D eigenvalue weighted by atomic mass is 16.2. The van der Waals surface area contributed by atoms with Gasteiger partial charge in [-0.1, -0.05) is 0 Å². The van der Waals surface area contributed by atoms with E-state index in [1.165, 1.54) is 19.3 Å². The van der Waals surface area contributed by atoms with Crippen molar-refractivity contribution in [1.29, 1.82) is 0 Å². The molecular formula is C18H28N2O2. The fourth-order valence-electron chi connectivity index (χ4n) is 6.03. The Bertz CT molecular complexity index is 452. The summed E-state index contributed by atoms with van der Waals surface area (Å²) >= 11 is 0.